The highest BCUT2D eigenvalue weighted by Gasteiger charge is 2.12. The molecule has 5 nitrogen and oxygen atoms in total. The average Bonchev–Trinajstić information content (AvgIpc) is 3.08. The number of benzene rings is 2. The number of rotatable bonds is 3. The topological polar surface area (TPSA) is 68.0 Å². The van der Waals surface area contributed by atoms with Crippen molar-refractivity contribution in [3.05, 3.63) is 75.9 Å². The first-order valence-corrected chi connectivity index (χ1v) is 8.86. The number of nitrogens with one attached hydrogen (secondary N) is 1. The monoisotopic (exact) mass is 427 g/mol. The average molecular weight is 429 g/mol. The van der Waals surface area contributed by atoms with Crippen molar-refractivity contribution in [3.8, 4) is 11.5 Å². The number of fused-ring (bicyclic) bond motifs is 1. The van der Waals surface area contributed by atoms with Gasteiger partial charge in [0.25, 0.3) is 5.91 Å². The van der Waals surface area contributed by atoms with E-state index < -0.39 is 0 Å². The highest BCUT2D eigenvalue weighted by atomic mass is 79.9. The Labute approximate surface area is 162 Å². The summed E-state index contributed by atoms with van der Waals surface area (Å²) in [6, 6.07) is 15.9. The van der Waals surface area contributed by atoms with E-state index in [0.717, 1.165) is 10.0 Å². The summed E-state index contributed by atoms with van der Waals surface area (Å²) < 4.78 is 6.47. The maximum Gasteiger partial charge on any atom is 0.257 e. The van der Waals surface area contributed by atoms with E-state index in [-0.39, 0.29) is 5.91 Å². The van der Waals surface area contributed by atoms with Gasteiger partial charge in [-0.05, 0) is 54.6 Å². The van der Waals surface area contributed by atoms with Crippen molar-refractivity contribution in [2.45, 2.75) is 0 Å². The molecule has 4 aromatic rings. The van der Waals surface area contributed by atoms with Crippen LogP contribution >= 0.6 is 27.5 Å². The minimum atomic E-state index is -0.282. The number of hydrogen-bond acceptors (Lipinski definition) is 4. The molecular formula is C19H11BrClN3O2. The third kappa shape index (κ3) is 3.34. The van der Waals surface area contributed by atoms with Crippen molar-refractivity contribution < 1.29 is 9.21 Å². The van der Waals surface area contributed by atoms with Gasteiger partial charge in [0.05, 0.1) is 10.6 Å². The summed E-state index contributed by atoms with van der Waals surface area (Å²) in [6.07, 6.45) is 1.67. The number of oxazole rings is 1. The fourth-order valence-electron chi connectivity index (χ4n) is 2.46. The number of carbonyl (C=O) groups is 1. The predicted octanol–water partition coefficient (Wildman–Crippen LogP) is 5.56. The maximum atomic E-state index is 12.4. The lowest BCUT2D eigenvalue weighted by molar-refractivity contribution is 0.102. The smallest absolute Gasteiger partial charge is 0.257 e. The van der Waals surface area contributed by atoms with Crippen molar-refractivity contribution >= 4 is 50.4 Å². The summed E-state index contributed by atoms with van der Waals surface area (Å²) in [4.78, 5) is 20.9. The normalized spacial score (nSPS) is 10.8. The fourth-order valence-corrected chi connectivity index (χ4v) is 3.02. The molecule has 0 atom stereocenters. The second kappa shape index (κ2) is 6.90. The number of aromatic nitrogens is 2. The highest BCUT2D eigenvalue weighted by Crippen LogP contribution is 2.25. The molecule has 128 valence electrons. The van der Waals surface area contributed by atoms with E-state index in [2.05, 4.69) is 31.2 Å². The van der Waals surface area contributed by atoms with Gasteiger partial charge in [-0.25, -0.2) is 4.98 Å². The van der Waals surface area contributed by atoms with E-state index >= 15 is 0 Å². The standard InChI is InChI=1S/C19H11BrClN3O2/c20-12-5-8-15(21)14(10-12)18(25)23-13-6-3-11(4-7-13)19-24-17-16(26-19)2-1-9-22-17/h1-10H,(H,23,25). The van der Waals surface area contributed by atoms with Crippen LogP contribution in [0.2, 0.25) is 5.02 Å². The Hall–Kier alpha value is -2.70. The number of anilines is 1. The maximum absolute atomic E-state index is 12.4. The Bertz CT molecular complexity index is 1080. The zero-order chi connectivity index (χ0) is 18.1. The Kier molecular flexibility index (Phi) is 4.44. The molecule has 0 saturated heterocycles. The van der Waals surface area contributed by atoms with Gasteiger partial charge in [-0.3, -0.25) is 4.79 Å². The van der Waals surface area contributed by atoms with Gasteiger partial charge in [-0.1, -0.05) is 27.5 Å². The molecule has 2 aromatic heterocycles. The number of nitrogens with zero attached hydrogens (tertiary/aromatic N) is 2. The van der Waals surface area contributed by atoms with Gasteiger partial charge in [-0.2, -0.15) is 4.98 Å². The zero-order valence-corrected chi connectivity index (χ0v) is 15.6. The molecule has 0 fully saturated rings. The second-order valence-electron chi connectivity index (χ2n) is 5.50. The molecule has 1 amide bonds. The van der Waals surface area contributed by atoms with Crippen LogP contribution in [0.25, 0.3) is 22.7 Å². The van der Waals surface area contributed by atoms with E-state index in [1.54, 1.807) is 42.6 Å². The van der Waals surface area contributed by atoms with Gasteiger partial charge in [0.1, 0.15) is 0 Å². The minimum Gasteiger partial charge on any atom is -0.434 e. The molecular weight excluding hydrogens is 418 g/mol. The van der Waals surface area contributed by atoms with Crippen molar-refractivity contribution in [2.24, 2.45) is 0 Å². The Balaban J connectivity index is 1.56. The zero-order valence-electron chi connectivity index (χ0n) is 13.2. The molecule has 1 N–H and O–H groups in total. The van der Waals surface area contributed by atoms with Gasteiger partial charge >= 0.3 is 0 Å². The first kappa shape index (κ1) is 16.8. The highest BCUT2D eigenvalue weighted by molar-refractivity contribution is 9.10. The number of carbonyl (C=O) groups excluding carboxylic acids is 1. The van der Waals surface area contributed by atoms with Gasteiger partial charge in [0.2, 0.25) is 5.89 Å². The number of hydrogen-bond donors (Lipinski definition) is 1. The molecule has 0 aliphatic heterocycles. The molecule has 0 aliphatic rings. The lowest BCUT2D eigenvalue weighted by atomic mass is 10.2. The molecule has 0 spiro atoms. The van der Waals surface area contributed by atoms with Gasteiger partial charge < -0.3 is 9.73 Å². The van der Waals surface area contributed by atoms with Crippen molar-refractivity contribution in [2.75, 3.05) is 5.32 Å². The van der Waals surface area contributed by atoms with Crippen LogP contribution in [0.15, 0.2) is 69.7 Å². The Morgan fingerprint density at radius 2 is 1.92 bits per heavy atom. The third-order valence-electron chi connectivity index (χ3n) is 3.73. The third-order valence-corrected chi connectivity index (χ3v) is 4.55. The summed E-state index contributed by atoms with van der Waals surface area (Å²) in [7, 11) is 0. The fraction of sp³-hybridized carbons (Fsp3) is 0. The van der Waals surface area contributed by atoms with Gasteiger partial charge in [0, 0.05) is 21.9 Å². The first-order valence-electron chi connectivity index (χ1n) is 7.68. The van der Waals surface area contributed by atoms with Crippen molar-refractivity contribution in [1.29, 1.82) is 0 Å². The van der Waals surface area contributed by atoms with E-state index in [1.165, 1.54) is 0 Å². The summed E-state index contributed by atoms with van der Waals surface area (Å²) in [5.41, 5.74) is 3.02. The van der Waals surface area contributed by atoms with Crippen LogP contribution in [0.3, 0.4) is 0 Å². The van der Waals surface area contributed by atoms with Crippen LogP contribution in [0.4, 0.5) is 5.69 Å². The lowest BCUT2D eigenvalue weighted by Gasteiger charge is -2.07. The molecule has 0 saturated carbocycles. The van der Waals surface area contributed by atoms with E-state index in [4.69, 9.17) is 16.0 Å². The van der Waals surface area contributed by atoms with Crippen LogP contribution in [0.1, 0.15) is 10.4 Å². The van der Waals surface area contributed by atoms with E-state index in [1.807, 2.05) is 18.2 Å². The molecule has 2 heterocycles. The molecule has 0 bridgehead atoms. The van der Waals surface area contributed by atoms with Gasteiger partial charge in [-0.15, -0.1) is 0 Å². The van der Waals surface area contributed by atoms with Crippen LogP contribution in [0.5, 0.6) is 0 Å². The summed E-state index contributed by atoms with van der Waals surface area (Å²) in [5.74, 6) is 0.196. The van der Waals surface area contributed by atoms with Crippen LogP contribution < -0.4 is 5.32 Å². The second-order valence-corrected chi connectivity index (χ2v) is 6.82. The number of halogens is 2. The Morgan fingerprint density at radius 3 is 2.69 bits per heavy atom. The van der Waals surface area contributed by atoms with Gasteiger partial charge in [0.15, 0.2) is 11.2 Å². The summed E-state index contributed by atoms with van der Waals surface area (Å²) in [5, 5.41) is 3.21. The van der Waals surface area contributed by atoms with Crippen molar-refractivity contribution in [1.82, 2.24) is 9.97 Å². The number of pyridine rings is 1. The molecule has 0 unspecified atom stereocenters. The summed E-state index contributed by atoms with van der Waals surface area (Å²) >= 11 is 9.43. The lowest BCUT2D eigenvalue weighted by Crippen LogP contribution is -2.12. The molecule has 0 aliphatic carbocycles. The first-order chi connectivity index (χ1) is 12.6. The van der Waals surface area contributed by atoms with Crippen LogP contribution in [0, 0.1) is 0 Å². The molecule has 4 rings (SSSR count). The van der Waals surface area contributed by atoms with Crippen molar-refractivity contribution in [3.63, 3.8) is 0 Å². The van der Waals surface area contributed by atoms with E-state index in [9.17, 15) is 4.79 Å². The molecule has 2 aromatic carbocycles. The number of amides is 1. The molecule has 0 radical (unpaired) electrons. The Morgan fingerprint density at radius 1 is 1.12 bits per heavy atom. The quantitative estimate of drug-likeness (QED) is 0.464. The SMILES string of the molecule is O=C(Nc1ccc(-c2nc3ncccc3o2)cc1)c1cc(Br)ccc1Cl. The largest absolute Gasteiger partial charge is 0.434 e. The summed E-state index contributed by atoms with van der Waals surface area (Å²) in [6.45, 7) is 0. The minimum absolute atomic E-state index is 0.282. The van der Waals surface area contributed by atoms with E-state index in [0.29, 0.717) is 33.4 Å². The van der Waals surface area contributed by atoms with Crippen LogP contribution in [-0.2, 0) is 0 Å². The molecule has 26 heavy (non-hydrogen) atoms. The predicted molar refractivity (Wildman–Crippen MR) is 104 cm³/mol. The molecule has 7 heteroatoms. The van der Waals surface area contributed by atoms with Crippen LogP contribution in [-0.4, -0.2) is 15.9 Å².